The van der Waals surface area contributed by atoms with Gasteiger partial charge in [-0.2, -0.15) is 0 Å². The van der Waals surface area contributed by atoms with Gasteiger partial charge in [-0.05, 0) is 70.9 Å². The van der Waals surface area contributed by atoms with Gasteiger partial charge in [-0.3, -0.25) is 9.59 Å². The molecule has 0 aromatic rings. The molecule has 182 valence electrons. The van der Waals surface area contributed by atoms with Gasteiger partial charge in [0.2, 0.25) is 12.3 Å². The Balaban J connectivity index is 0.000000687. The average molecular weight is 512 g/mol. The topological polar surface area (TPSA) is 67.4 Å². The average Bonchev–Trinajstić information content (AvgIpc) is 2.72. The third-order valence-electron chi connectivity index (χ3n) is 5.91. The number of carbonyl (C=O) groups excluding carboxylic acids is 2. The molecule has 3 unspecified atom stereocenters. The molecule has 6 heteroatoms. The lowest BCUT2D eigenvalue weighted by atomic mass is 9.64. The SMILES string of the molecule is C/C=C(C)/C(Br)=C\C=C/CCC.C=C(C)C(C)(C)NC(=O)C1C(CNC=O)CC1COC. The molecule has 1 aliphatic rings. The van der Waals surface area contributed by atoms with Gasteiger partial charge < -0.3 is 15.4 Å². The van der Waals surface area contributed by atoms with Crippen LogP contribution in [0.2, 0.25) is 0 Å². The molecular weight excluding hydrogens is 468 g/mol. The second-order valence-corrected chi connectivity index (χ2v) is 9.72. The molecule has 1 saturated carbocycles. The van der Waals surface area contributed by atoms with Crippen LogP contribution < -0.4 is 10.6 Å². The van der Waals surface area contributed by atoms with Crippen molar-refractivity contribution in [1.82, 2.24) is 10.6 Å². The summed E-state index contributed by atoms with van der Waals surface area (Å²) in [5.74, 6) is 0.311. The van der Waals surface area contributed by atoms with Gasteiger partial charge in [0.15, 0.2) is 0 Å². The van der Waals surface area contributed by atoms with E-state index >= 15 is 0 Å². The Hall–Kier alpha value is -1.66. The van der Waals surface area contributed by atoms with Crippen molar-refractivity contribution in [3.63, 3.8) is 0 Å². The summed E-state index contributed by atoms with van der Waals surface area (Å²) in [6, 6.07) is 0. The molecule has 3 atom stereocenters. The molecule has 0 aromatic heterocycles. The van der Waals surface area contributed by atoms with E-state index in [0.717, 1.165) is 22.9 Å². The second kappa shape index (κ2) is 16.0. The van der Waals surface area contributed by atoms with Crippen molar-refractivity contribution in [1.29, 1.82) is 0 Å². The Bertz CT molecular complexity index is 695. The predicted octanol–water partition coefficient (Wildman–Crippen LogP) is 5.69. The van der Waals surface area contributed by atoms with E-state index in [1.54, 1.807) is 7.11 Å². The first kappa shape index (κ1) is 30.3. The fourth-order valence-corrected chi connectivity index (χ4v) is 3.66. The van der Waals surface area contributed by atoms with Crippen molar-refractivity contribution >= 4 is 28.2 Å². The molecule has 0 aromatic carbocycles. The lowest BCUT2D eigenvalue weighted by Gasteiger charge is -2.44. The number of hydrogen-bond donors (Lipinski definition) is 2. The molecule has 2 amide bonds. The number of methoxy groups -OCH3 is 1. The van der Waals surface area contributed by atoms with Crippen molar-refractivity contribution in [3.05, 3.63) is 46.5 Å². The van der Waals surface area contributed by atoms with Crippen LogP contribution >= 0.6 is 15.9 Å². The van der Waals surface area contributed by atoms with E-state index in [-0.39, 0.29) is 23.7 Å². The molecule has 0 bridgehead atoms. The minimum atomic E-state index is -0.424. The van der Waals surface area contributed by atoms with Gasteiger partial charge in [0, 0.05) is 30.7 Å². The molecule has 1 rings (SSSR count). The number of rotatable bonds is 12. The van der Waals surface area contributed by atoms with Crippen molar-refractivity contribution in [2.45, 2.75) is 66.3 Å². The number of allylic oxidation sites excluding steroid dienone is 6. The number of halogens is 1. The molecule has 0 aliphatic heterocycles. The summed E-state index contributed by atoms with van der Waals surface area (Å²) in [5, 5.41) is 5.71. The van der Waals surface area contributed by atoms with Crippen LogP contribution in [0.1, 0.15) is 60.8 Å². The van der Waals surface area contributed by atoms with Gasteiger partial charge in [-0.15, -0.1) is 0 Å². The standard InChI is InChI=1S/C15H26N2O3.C11H17Br/c1-10(2)15(3,4)17-14(19)13-11(7-16-9-18)6-12(13)8-20-5;1-4-6-7-8-9-11(12)10(3)5-2/h9,11-13H,1,6-8H2,2-5H3,(H,16,18)(H,17,19);5,7-9H,4,6H2,1-3H3/b;8-7-,10-5+,11-9+. The van der Waals surface area contributed by atoms with E-state index < -0.39 is 5.54 Å². The van der Waals surface area contributed by atoms with E-state index in [9.17, 15) is 9.59 Å². The fourth-order valence-electron chi connectivity index (χ4n) is 3.28. The Kier molecular flexibility index (Phi) is 15.2. The molecule has 0 spiro atoms. The fraction of sp³-hybridized carbons (Fsp3) is 0.615. The Labute approximate surface area is 204 Å². The van der Waals surface area contributed by atoms with Crippen LogP contribution in [0, 0.1) is 17.8 Å². The van der Waals surface area contributed by atoms with Gasteiger partial charge in [0.1, 0.15) is 0 Å². The summed E-state index contributed by atoms with van der Waals surface area (Å²) in [6.45, 7) is 17.1. The maximum atomic E-state index is 12.5. The normalized spacial score (nSPS) is 21.3. The highest BCUT2D eigenvalue weighted by Gasteiger charge is 2.46. The van der Waals surface area contributed by atoms with Gasteiger partial charge in [0.05, 0.1) is 5.54 Å². The van der Waals surface area contributed by atoms with Crippen molar-refractivity contribution in [2.75, 3.05) is 20.3 Å². The maximum Gasteiger partial charge on any atom is 0.224 e. The summed E-state index contributed by atoms with van der Waals surface area (Å²) in [7, 11) is 1.64. The van der Waals surface area contributed by atoms with Crippen LogP contribution in [0.25, 0.3) is 0 Å². The van der Waals surface area contributed by atoms with Gasteiger partial charge in [-0.25, -0.2) is 0 Å². The van der Waals surface area contributed by atoms with Gasteiger partial charge in [-0.1, -0.05) is 59.7 Å². The number of amides is 2. The number of hydrogen-bond acceptors (Lipinski definition) is 3. The molecule has 0 saturated heterocycles. The van der Waals surface area contributed by atoms with E-state index in [2.05, 4.69) is 71.3 Å². The smallest absolute Gasteiger partial charge is 0.224 e. The first-order valence-electron chi connectivity index (χ1n) is 11.3. The lowest BCUT2D eigenvalue weighted by molar-refractivity contribution is -0.138. The van der Waals surface area contributed by atoms with Crippen molar-refractivity contribution in [2.24, 2.45) is 17.8 Å². The highest BCUT2D eigenvalue weighted by Crippen LogP contribution is 2.41. The van der Waals surface area contributed by atoms with Gasteiger partial charge >= 0.3 is 0 Å². The quantitative estimate of drug-likeness (QED) is 0.201. The third kappa shape index (κ3) is 10.8. The number of unbranched alkanes of at least 4 members (excludes halogenated alkanes) is 1. The number of ether oxygens (including phenoxy) is 1. The van der Waals surface area contributed by atoms with Crippen LogP contribution in [-0.2, 0) is 14.3 Å². The first-order chi connectivity index (χ1) is 15.0. The zero-order valence-electron chi connectivity index (χ0n) is 21.0. The Morgan fingerprint density at radius 1 is 1.28 bits per heavy atom. The molecule has 1 aliphatic carbocycles. The van der Waals surface area contributed by atoms with Crippen molar-refractivity contribution < 1.29 is 14.3 Å². The number of nitrogens with one attached hydrogen (secondary N) is 2. The molecule has 2 N–H and O–H groups in total. The molecule has 5 nitrogen and oxygen atoms in total. The molecular formula is C26H43BrN2O3. The van der Waals surface area contributed by atoms with Gasteiger partial charge in [0.25, 0.3) is 0 Å². The minimum absolute atomic E-state index is 0.0176. The lowest BCUT2D eigenvalue weighted by Crippen LogP contribution is -2.56. The predicted molar refractivity (Wildman–Crippen MR) is 139 cm³/mol. The van der Waals surface area contributed by atoms with E-state index in [1.807, 2.05) is 27.7 Å². The Morgan fingerprint density at radius 2 is 1.94 bits per heavy atom. The third-order valence-corrected chi connectivity index (χ3v) is 6.80. The molecule has 0 radical (unpaired) electrons. The van der Waals surface area contributed by atoms with E-state index in [1.165, 1.54) is 12.0 Å². The van der Waals surface area contributed by atoms with Crippen LogP contribution in [0.5, 0.6) is 0 Å². The monoisotopic (exact) mass is 510 g/mol. The van der Waals surface area contributed by atoms with E-state index in [4.69, 9.17) is 4.74 Å². The highest BCUT2D eigenvalue weighted by molar-refractivity contribution is 9.12. The van der Waals surface area contributed by atoms with Crippen LogP contribution in [0.15, 0.2) is 46.5 Å². The van der Waals surface area contributed by atoms with Crippen LogP contribution in [0.4, 0.5) is 0 Å². The number of carbonyl (C=O) groups is 2. The maximum absolute atomic E-state index is 12.5. The summed E-state index contributed by atoms with van der Waals surface area (Å²) in [6.07, 6.45) is 12.4. The Morgan fingerprint density at radius 3 is 2.44 bits per heavy atom. The largest absolute Gasteiger partial charge is 0.384 e. The van der Waals surface area contributed by atoms with Crippen LogP contribution in [-0.4, -0.2) is 38.1 Å². The van der Waals surface area contributed by atoms with E-state index in [0.29, 0.717) is 19.6 Å². The summed E-state index contributed by atoms with van der Waals surface area (Å²) in [4.78, 5) is 22.9. The summed E-state index contributed by atoms with van der Waals surface area (Å²) in [5.41, 5.74) is 1.76. The molecule has 1 fully saturated rings. The molecule has 0 heterocycles. The summed E-state index contributed by atoms with van der Waals surface area (Å²) >= 11 is 3.50. The zero-order chi connectivity index (χ0) is 24.7. The molecule has 32 heavy (non-hydrogen) atoms. The minimum Gasteiger partial charge on any atom is -0.384 e. The summed E-state index contributed by atoms with van der Waals surface area (Å²) < 4.78 is 6.33. The first-order valence-corrected chi connectivity index (χ1v) is 12.1. The second-order valence-electron chi connectivity index (χ2n) is 8.86. The van der Waals surface area contributed by atoms with Crippen LogP contribution in [0.3, 0.4) is 0 Å². The van der Waals surface area contributed by atoms with Crippen molar-refractivity contribution in [3.8, 4) is 0 Å². The highest BCUT2D eigenvalue weighted by atomic mass is 79.9. The zero-order valence-corrected chi connectivity index (χ0v) is 22.6.